The average Bonchev–Trinajstić information content (AvgIpc) is 2.95. The van der Waals surface area contributed by atoms with Crippen LogP contribution in [0.2, 0.25) is 0 Å². The van der Waals surface area contributed by atoms with Crippen LogP contribution in [0.4, 0.5) is 0 Å². The number of rotatable bonds is 18. The zero-order valence-electron chi connectivity index (χ0n) is 25.0. The van der Waals surface area contributed by atoms with Crippen molar-refractivity contribution in [2.24, 2.45) is 17.1 Å². The van der Waals surface area contributed by atoms with Crippen LogP contribution in [-0.4, -0.2) is 47.2 Å². The topological polar surface area (TPSA) is 152 Å². The number of Topliss-reactive ketones (excluding diaryl/α,β-unsaturated/α-hetero) is 3. The summed E-state index contributed by atoms with van der Waals surface area (Å²) < 4.78 is 0. The summed E-state index contributed by atoms with van der Waals surface area (Å²) in [6.45, 7) is 6.45. The second-order valence-corrected chi connectivity index (χ2v) is 11.4. The van der Waals surface area contributed by atoms with Crippen molar-refractivity contribution in [3.63, 3.8) is 0 Å². The zero-order valence-corrected chi connectivity index (χ0v) is 25.0. The highest BCUT2D eigenvalue weighted by Gasteiger charge is 2.34. The molecule has 2 rings (SSSR count). The van der Waals surface area contributed by atoms with Gasteiger partial charge >= 0.3 is 0 Å². The van der Waals surface area contributed by atoms with Crippen LogP contribution in [-0.2, 0) is 41.6 Å². The summed E-state index contributed by atoms with van der Waals surface area (Å²) >= 11 is 0. The number of benzene rings is 2. The fraction of sp³-hybridized carbons (Fsp3) is 0.455. The summed E-state index contributed by atoms with van der Waals surface area (Å²) in [6, 6.07) is 15.9. The van der Waals surface area contributed by atoms with Crippen LogP contribution in [0.3, 0.4) is 0 Å². The first-order valence-corrected chi connectivity index (χ1v) is 14.4. The second-order valence-electron chi connectivity index (χ2n) is 11.4. The minimum Gasteiger partial charge on any atom is -0.369 e. The van der Waals surface area contributed by atoms with Crippen LogP contribution in [0, 0.1) is 11.3 Å². The van der Waals surface area contributed by atoms with Gasteiger partial charge in [-0.15, -0.1) is 0 Å². The monoisotopic (exact) mass is 577 g/mol. The number of nitrogens with two attached hydrogens (primary N) is 1. The lowest BCUT2D eigenvalue weighted by atomic mass is 9.84. The lowest BCUT2D eigenvalue weighted by Crippen LogP contribution is -2.52. The molecule has 0 spiro atoms. The zero-order chi connectivity index (χ0) is 31.3. The molecule has 226 valence electrons. The van der Waals surface area contributed by atoms with Gasteiger partial charge in [0.1, 0.15) is 5.78 Å². The molecule has 4 N–H and O–H groups in total. The molecule has 1 unspecified atom stereocenters. The standard InChI is InChI=1S/C33H43N3O6/c1-5-6-17-26(37)20-25(18-23-13-9-7-10-14-23)30(40)35-22(2)29(39)31(41)36-27(19-24-15-11-8-12-16-24)28(38)21-33(3,4)32(34)42/h7-16,22,25,27H,5-6,17-21H2,1-4H3,(H2,34,42)(H,35,40)(H,36,41)/t22?,25-,27+/m1/s1. The maximum atomic E-state index is 13.2. The predicted octanol–water partition coefficient (Wildman–Crippen LogP) is 3.27. The fourth-order valence-corrected chi connectivity index (χ4v) is 4.47. The highest BCUT2D eigenvalue weighted by molar-refractivity contribution is 6.38. The number of amides is 3. The van der Waals surface area contributed by atoms with E-state index in [9.17, 15) is 28.8 Å². The number of ketones is 3. The molecule has 3 atom stereocenters. The van der Waals surface area contributed by atoms with Crippen molar-refractivity contribution in [1.29, 1.82) is 0 Å². The molecule has 3 amide bonds. The molecule has 9 nitrogen and oxygen atoms in total. The lowest BCUT2D eigenvalue weighted by Gasteiger charge is -2.24. The van der Waals surface area contributed by atoms with Gasteiger partial charge in [-0.2, -0.15) is 0 Å². The van der Waals surface area contributed by atoms with Crippen molar-refractivity contribution in [2.75, 3.05) is 0 Å². The van der Waals surface area contributed by atoms with E-state index < -0.39 is 52.7 Å². The van der Waals surface area contributed by atoms with Crippen LogP contribution in [0.5, 0.6) is 0 Å². The summed E-state index contributed by atoms with van der Waals surface area (Å²) in [6.07, 6.45) is 2.16. The van der Waals surface area contributed by atoms with Crippen molar-refractivity contribution in [1.82, 2.24) is 10.6 Å². The minimum atomic E-state index is -1.20. The number of carbonyl (C=O) groups excluding carboxylic acids is 6. The van der Waals surface area contributed by atoms with Crippen LogP contribution >= 0.6 is 0 Å². The molecule has 0 aliphatic heterocycles. The quantitative estimate of drug-likeness (QED) is 0.231. The molecule has 0 heterocycles. The molecule has 0 aliphatic rings. The second kappa shape index (κ2) is 16.3. The molecule has 0 fully saturated rings. The van der Waals surface area contributed by atoms with Gasteiger partial charge in [0.2, 0.25) is 17.6 Å². The summed E-state index contributed by atoms with van der Waals surface area (Å²) in [5.41, 5.74) is 5.91. The SMILES string of the molecule is CCCCC(=O)C[C@@H](Cc1ccccc1)C(=O)NC(C)C(=O)C(=O)N[C@@H](Cc1ccccc1)C(=O)CC(C)(C)C(N)=O. The number of primary amides is 1. The molecule has 0 bridgehead atoms. The Morgan fingerprint density at radius 1 is 0.833 bits per heavy atom. The Hall–Kier alpha value is -4.14. The molecule has 0 saturated carbocycles. The normalized spacial score (nSPS) is 13.3. The molecule has 2 aromatic carbocycles. The number of carbonyl (C=O) groups is 6. The Morgan fingerprint density at radius 3 is 1.90 bits per heavy atom. The van der Waals surface area contributed by atoms with Crippen LogP contribution < -0.4 is 16.4 Å². The maximum absolute atomic E-state index is 13.2. The first-order chi connectivity index (χ1) is 19.8. The largest absolute Gasteiger partial charge is 0.369 e. The van der Waals surface area contributed by atoms with Gasteiger partial charge in [0.15, 0.2) is 5.78 Å². The van der Waals surface area contributed by atoms with Crippen LogP contribution in [0.1, 0.15) is 70.9 Å². The Labute approximate surface area is 248 Å². The molecule has 0 aromatic heterocycles. The van der Waals surface area contributed by atoms with Crippen molar-refractivity contribution in [3.05, 3.63) is 71.8 Å². The fourth-order valence-electron chi connectivity index (χ4n) is 4.47. The third kappa shape index (κ3) is 11.0. The Bertz CT molecular complexity index is 1240. The Kier molecular flexibility index (Phi) is 13.3. The molecule has 0 radical (unpaired) electrons. The summed E-state index contributed by atoms with van der Waals surface area (Å²) in [5.74, 6) is -4.33. The third-order valence-electron chi connectivity index (χ3n) is 7.21. The van der Waals surface area contributed by atoms with Crippen molar-refractivity contribution in [2.45, 2.75) is 84.7 Å². The Morgan fingerprint density at radius 2 is 1.38 bits per heavy atom. The van der Waals surface area contributed by atoms with E-state index >= 15 is 0 Å². The smallest absolute Gasteiger partial charge is 0.290 e. The van der Waals surface area contributed by atoms with Gasteiger partial charge < -0.3 is 16.4 Å². The van der Waals surface area contributed by atoms with E-state index in [0.29, 0.717) is 12.8 Å². The van der Waals surface area contributed by atoms with Gasteiger partial charge in [-0.25, -0.2) is 0 Å². The van der Waals surface area contributed by atoms with Crippen molar-refractivity contribution in [3.8, 4) is 0 Å². The predicted molar refractivity (Wildman–Crippen MR) is 160 cm³/mol. The van der Waals surface area contributed by atoms with Crippen LogP contribution in [0.25, 0.3) is 0 Å². The van der Waals surface area contributed by atoms with E-state index in [0.717, 1.165) is 24.0 Å². The van der Waals surface area contributed by atoms with E-state index in [1.54, 1.807) is 24.3 Å². The van der Waals surface area contributed by atoms with Gasteiger partial charge in [-0.1, -0.05) is 87.9 Å². The number of hydrogen-bond donors (Lipinski definition) is 3. The lowest BCUT2D eigenvalue weighted by molar-refractivity contribution is -0.142. The molecule has 42 heavy (non-hydrogen) atoms. The summed E-state index contributed by atoms with van der Waals surface area (Å²) in [5, 5.41) is 5.11. The molecule has 9 heteroatoms. The summed E-state index contributed by atoms with van der Waals surface area (Å²) in [4.78, 5) is 76.8. The Balaban J connectivity index is 2.14. The first-order valence-electron chi connectivity index (χ1n) is 14.4. The van der Waals surface area contributed by atoms with E-state index in [1.165, 1.54) is 20.8 Å². The molecule has 2 aromatic rings. The van der Waals surface area contributed by atoms with E-state index in [2.05, 4.69) is 10.6 Å². The number of hydrogen-bond acceptors (Lipinski definition) is 6. The van der Waals surface area contributed by atoms with Gasteiger partial charge in [0.05, 0.1) is 17.5 Å². The van der Waals surface area contributed by atoms with Crippen molar-refractivity contribution >= 4 is 35.1 Å². The highest BCUT2D eigenvalue weighted by Crippen LogP contribution is 2.22. The number of unbranched alkanes of at least 4 members (excludes halogenated alkanes) is 1. The van der Waals surface area contributed by atoms with Gasteiger partial charge in [0.25, 0.3) is 5.91 Å². The highest BCUT2D eigenvalue weighted by atomic mass is 16.2. The molecule has 0 aliphatic carbocycles. The van der Waals surface area contributed by atoms with Gasteiger partial charge in [-0.3, -0.25) is 28.8 Å². The average molecular weight is 578 g/mol. The molecule has 0 saturated heterocycles. The van der Waals surface area contributed by atoms with Crippen LogP contribution in [0.15, 0.2) is 60.7 Å². The third-order valence-corrected chi connectivity index (χ3v) is 7.21. The first kappa shape index (κ1) is 34.1. The molecular formula is C33H43N3O6. The number of nitrogens with one attached hydrogen (secondary N) is 2. The summed E-state index contributed by atoms with van der Waals surface area (Å²) in [7, 11) is 0. The minimum absolute atomic E-state index is 0.0249. The van der Waals surface area contributed by atoms with Gasteiger partial charge in [0, 0.05) is 25.2 Å². The van der Waals surface area contributed by atoms with Gasteiger partial charge in [-0.05, 0) is 37.3 Å². The van der Waals surface area contributed by atoms with E-state index in [-0.39, 0.29) is 25.0 Å². The molecular weight excluding hydrogens is 534 g/mol. The van der Waals surface area contributed by atoms with E-state index in [1.807, 2.05) is 43.3 Å². The van der Waals surface area contributed by atoms with Crippen molar-refractivity contribution < 1.29 is 28.8 Å². The maximum Gasteiger partial charge on any atom is 0.290 e. The van der Waals surface area contributed by atoms with E-state index in [4.69, 9.17) is 5.73 Å².